The second kappa shape index (κ2) is 7.14. The summed E-state index contributed by atoms with van der Waals surface area (Å²) < 4.78 is 7.31. The Balaban J connectivity index is 1.74. The van der Waals surface area contributed by atoms with E-state index in [1.807, 2.05) is 23.1 Å². The monoisotopic (exact) mass is 354 g/mol. The molecule has 4 rings (SSSR count). The average Bonchev–Trinajstić information content (AvgIpc) is 3.08. The number of nitrogens with zero attached hydrogens (tertiary/aromatic N) is 2. The fraction of sp³-hybridized carbons (Fsp3) is 0.524. The van der Waals surface area contributed by atoms with Gasteiger partial charge in [-0.3, -0.25) is 9.59 Å². The lowest BCUT2D eigenvalue weighted by molar-refractivity contribution is 0.0655. The van der Waals surface area contributed by atoms with Crippen LogP contribution in [-0.4, -0.2) is 21.9 Å². The fourth-order valence-corrected chi connectivity index (χ4v) is 4.43. The number of furan rings is 1. The fourth-order valence-electron chi connectivity index (χ4n) is 4.43. The van der Waals surface area contributed by atoms with Crippen LogP contribution >= 0.6 is 0 Å². The molecule has 1 saturated heterocycles. The van der Waals surface area contributed by atoms with E-state index >= 15 is 0 Å². The average molecular weight is 354 g/mol. The third-order valence-electron chi connectivity index (χ3n) is 5.85. The summed E-state index contributed by atoms with van der Waals surface area (Å²) in [6.07, 6.45) is 9.78. The van der Waals surface area contributed by atoms with Gasteiger partial charge in [0.1, 0.15) is 11.3 Å². The summed E-state index contributed by atoms with van der Waals surface area (Å²) in [7, 11) is 1.80. The van der Waals surface area contributed by atoms with Gasteiger partial charge >= 0.3 is 0 Å². The molecule has 0 bridgehead atoms. The van der Waals surface area contributed by atoms with Crippen LogP contribution in [0.5, 0.6) is 0 Å². The molecule has 1 atom stereocenters. The molecule has 2 aliphatic rings. The number of fused-ring (bicyclic) bond motifs is 1. The number of amides is 1. The number of pyridine rings is 1. The van der Waals surface area contributed by atoms with Crippen molar-refractivity contribution in [1.82, 2.24) is 9.47 Å². The smallest absolute Gasteiger partial charge is 0.263 e. The molecule has 1 aliphatic heterocycles. The van der Waals surface area contributed by atoms with E-state index in [1.165, 1.54) is 0 Å². The minimum atomic E-state index is -0.168. The number of hydrogen-bond acceptors (Lipinski definition) is 3. The Labute approximate surface area is 153 Å². The Morgan fingerprint density at radius 3 is 2.81 bits per heavy atom. The Hall–Kier alpha value is -2.30. The topological polar surface area (TPSA) is 55.5 Å². The lowest BCUT2D eigenvalue weighted by atomic mass is 9.94. The maximum absolute atomic E-state index is 13.4. The zero-order valence-corrected chi connectivity index (χ0v) is 15.4. The molecular weight excluding hydrogens is 328 g/mol. The Bertz CT molecular complexity index is 851. The third-order valence-corrected chi connectivity index (χ3v) is 5.85. The molecule has 1 aliphatic carbocycles. The predicted molar refractivity (Wildman–Crippen MR) is 99.3 cm³/mol. The minimum absolute atomic E-state index is 0.0826. The van der Waals surface area contributed by atoms with Gasteiger partial charge in [-0.15, -0.1) is 0 Å². The van der Waals surface area contributed by atoms with Crippen LogP contribution in [0.2, 0.25) is 0 Å². The van der Waals surface area contributed by atoms with E-state index in [2.05, 4.69) is 0 Å². The Kier molecular flexibility index (Phi) is 4.70. The molecule has 0 N–H and O–H groups in total. The van der Waals surface area contributed by atoms with E-state index in [0.717, 1.165) is 68.4 Å². The van der Waals surface area contributed by atoms with E-state index in [-0.39, 0.29) is 17.5 Å². The highest BCUT2D eigenvalue weighted by atomic mass is 16.3. The van der Waals surface area contributed by atoms with E-state index in [1.54, 1.807) is 17.9 Å². The van der Waals surface area contributed by atoms with Crippen LogP contribution in [0.25, 0.3) is 0 Å². The van der Waals surface area contributed by atoms with Gasteiger partial charge in [0.25, 0.3) is 11.5 Å². The number of rotatable bonds is 2. The molecule has 138 valence electrons. The van der Waals surface area contributed by atoms with Crippen molar-refractivity contribution >= 4 is 5.91 Å². The number of aryl methyl sites for hydroxylation is 1. The first kappa shape index (κ1) is 17.1. The maximum atomic E-state index is 13.4. The van der Waals surface area contributed by atoms with Crippen molar-refractivity contribution in [3.05, 3.63) is 57.4 Å². The number of likely N-dealkylation sites (tertiary alicyclic amines) is 1. The minimum Gasteiger partial charge on any atom is -0.467 e. The lowest BCUT2D eigenvalue weighted by Crippen LogP contribution is -2.39. The summed E-state index contributed by atoms with van der Waals surface area (Å²) in [5.41, 5.74) is 2.40. The van der Waals surface area contributed by atoms with Gasteiger partial charge in [0.2, 0.25) is 0 Å². The zero-order valence-electron chi connectivity index (χ0n) is 15.4. The van der Waals surface area contributed by atoms with E-state index < -0.39 is 0 Å². The van der Waals surface area contributed by atoms with Crippen LogP contribution in [0, 0.1) is 0 Å². The predicted octanol–water partition coefficient (Wildman–Crippen LogP) is 3.61. The highest BCUT2D eigenvalue weighted by Crippen LogP contribution is 2.31. The van der Waals surface area contributed by atoms with Crippen molar-refractivity contribution in [2.24, 2.45) is 7.05 Å². The summed E-state index contributed by atoms with van der Waals surface area (Å²) in [6, 6.07) is 5.58. The van der Waals surface area contributed by atoms with Gasteiger partial charge in [-0.25, -0.2) is 0 Å². The van der Waals surface area contributed by atoms with E-state index in [0.29, 0.717) is 12.1 Å². The zero-order chi connectivity index (χ0) is 18.1. The normalized spacial score (nSPS) is 20.5. The standard InChI is InChI=1S/C21H26N2O3/c1-22-17-9-5-4-8-15(17)14-16(20(22)24)21(25)23-12-6-2-3-10-18(23)19-11-7-13-26-19/h7,11,13-14,18H,2-6,8-10,12H2,1H3/t18-/m1/s1. The Morgan fingerprint density at radius 1 is 1.15 bits per heavy atom. The van der Waals surface area contributed by atoms with Crippen molar-refractivity contribution in [3.63, 3.8) is 0 Å². The van der Waals surface area contributed by atoms with Crippen LogP contribution in [0.4, 0.5) is 0 Å². The molecule has 5 heteroatoms. The lowest BCUT2D eigenvalue weighted by Gasteiger charge is -2.29. The van der Waals surface area contributed by atoms with E-state index in [9.17, 15) is 9.59 Å². The maximum Gasteiger partial charge on any atom is 0.263 e. The molecule has 1 fully saturated rings. The molecule has 0 spiro atoms. The van der Waals surface area contributed by atoms with Crippen LogP contribution in [0.1, 0.15) is 71.9 Å². The molecule has 3 heterocycles. The molecule has 0 unspecified atom stereocenters. The summed E-state index contributed by atoms with van der Waals surface area (Å²) in [5.74, 6) is 0.664. The third kappa shape index (κ3) is 3.00. The first-order chi connectivity index (χ1) is 12.7. The molecule has 2 aromatic heterocycles. The van der Waals surface area contributed by atoms with Crippen molar-refractivity contribution in [3.8, 4) is 0 Å². The van der Waals surface area contributed by atoms with Gasteiger partial charge < -0.3 is 13.9 Å². The summed E-state index contributed by atoms with van der Waals surface area (Å²) in [5, 5.41) is 0. The highest BCUT2D eigenvalue weighted by Gasteiger charge is 2.31. The molecular formula is C21H26N2O3. The largest absolute Gasteiger partial charge is 0.467 e. The number of aromatic nitrogens is 1. The molecule has 2 aromatic rings. The number of carbonyl (C=O) groups excluding carboxylic acids is 1. The summed E-state index contributed by atoms with van der Waals surface area (Å²) >= 11 is 0. The SMILES string of the molecule is Cn1c2c(cc(C(=O)N3CCCCC[C@@H]3c3ccco3)c1=O)CCCC2. The summed E-state index contributed by atoms with van der Waals surface area (Å²) in [6.45, 7) is 0.671. The number of hydrogen-bond donors (Lipinski definition) is 0. The van der Waals surface area contributed by atoms with Gasteiger partial charge in [-0.05, 0) is 62.3 Å². The van der Waals surface area contributed by atoms with Gasteiger partial charge in [-0.1, -0.05) is 12.8 Å². The molecule has 26 heavy (non-hydrogen) atoms. The first-order valence-corrected chi connectivity index (χ1v) is 9.73. The van der Waals surface area contributed by atoms with Gasteiger partial charge in [0, 0.05) is 19.3 Å². The molecule has 0 radical (unpaired) electrons. The highest BCUT2D eigenvalue weighted by molar-refractivity contribution is 5.94. The van der Waals surface area contributed by atoms with E-state index in [4.69, 9.17) is 4.42 Å². The molecule has 5 nitrogen and oxygen atoms in total. The Morgan fingerprint density at radius 2 is 2.00 bits per heavy atom. The van der Waals surface area contributed by atoms with Crippen LogP contribution in [-0.2, 0) is 19.9 Å². The quantitative estimate of drug-likeness (QED) is 0.828. The summed E-state index contributed by atoms with van der Waals surface area (Å²) in [4.78, 5) is 28.1. The van der Waals surface area contributed by atoms with Crippen molar-refractivity contribution in [2.75, 3.05) is 6.54 Å². The molecule has 0 saturated carbocycles. The van der Waals surface area contributed by atoms with Crippen LogP contribution < -0.4 is 5.56 Å². The first-order valence-electron chi connectivity index (χ1n) is 9.73. The van der Waals surface area contributed by atoms with Gasteiger partial charge in [0.15, 0.2) is 0 Å². The van der Waals surface area contributed by atoms with Crippen molar-refractivity contribution in [1.29, 1.82) is 0 Å². The second-order valence-electron chi connectivity index (χ2n) is 7.48. The second-order valence-corrected chi connectivity index (χ2v) is 7.48. The molecule has 1 amide bonds. The van der Waals surface area contributed by atoms with Gasteiger partial charge in [0.05, 0.1) is 12.3 Å². The van der Waals surface area contributed by atoms with Gasteiger partial charge in [-0.2, -0.15) is 0 Å². The molecule has 0 aromatic carbocycles. The van der Waals surface area contributed by atoms with Crippen LogP contribution in [0.3, 0.4) is 0 Å². The van der Waals surface area contributed by atoms with Crippen molar-refractivity contribution in [2.45, 2.75) is 57.4 Å². The van der Waals surface area contributed by atoms with Crippen molar-refractivity contribution < 1.29 is 9.21 Å². The number of carbonyl (C=O) groups is 1. The van der Waals surface area contributed by atoms with Crippen LogP contribution in [0.15, 0.2) is 33.7 Å².